The van der Waals surface area contributed by atoms with Gasteiger partial charge in [0.2, 0.25) is 0 Å². The zero-order valence-corrected chi connectivity index (χ0v) is 15.0. The number of pyridine rings is 1. The molecule has 1 N–H and O–H groups in total. The largest absolute Gasteiger partial charge is 0.454 e. The molecule has 0 radical (unpaired) electrons. The van der Waals surface area contributed by atoms with Crippen molar-refractivity contribution in [2.45, 2.75) is 13.5 Å². The molecule has 3 rings (SSSR count). The Bertz CT molecular complexity index is 1030. The van der Waals surface area contributed by atoms with Gasteiger partial charge in [-0.1, -0.05) is 28.1 Å². The SMILES string of the molecule is C/N=c1\c2cc(-c3cccc(Br)c3C)oc2c(C#N)cn1CCO. The molecule has 6 heteroatoms. The third-order valence-corrected chi connectivity index (χ3v) is 4.84. The van der Waals surface area contributed by atoms with Crippen molar-refractivity contribution in [1.29, 1.82) is 5.26 Å². The van der Waals surface area contributed by atoms with Gasteiger partial charge >= 0.3 is 0 Å². The number of aliphatic hydroxyl groups excluding tert-OH is 1. The Morgan fingerprint density at radius 3 is 2.88 bits per heavy atom. The average molecular weight is 386 g/mol. The van der Waals surface area contributed by atoms with E-state index in [1.54, 1.807) is 17.8 Å². The Labute approximate surface area is 147 Å². The Morgan fingerprint density at radius 1 is 1.42 bits per heavy atom. The molecular weight excluding hydrogens is 370 g/mol. The Hall–Kier alpha value is -2.36. The Morgan fingerprint density at radius 2 is 2.21 bits per heavy atom. The number of hydrogen-bond acceptors (Lipinski definition) is 4. The molecule has 0 fully saturated rings. The summed E-state index contributed by atoms with van der Waals surface area (Å²) in [5.74, 6) is 0.687. The summed E-state index contributed by atoms with van der Waals surface area (Å²) in [5, 5.41) is 19.5. The number of fused-ring (bicyclic) bond motifs is 1. The van der Waals surface area contributed by atoms with Gasteiger partial charge in [-0.05, 0) is 24.6 Å². The number of halogens is 1. The minimum atomic E-state index is -0.0288. The summed E-state index contributed by atoms with van der Waals surface area (Å²) < 4.78 is 8.78. The molecule has 2 heterocycles. The third kappa shape index (κ3) is 2.66. The number of nitriles is 1. The quantitative estimate of drug-likeness (QED) is 0.750. The Kier molecular flexibility index (Phi) is 4.56. The van der Waals surface area contributed by atoms with Crippen molar-refractivity contribution in [2.24, 2.45) is 4.99 Å². The van der Waals surface area contributed by atoms with Gasteiger partial charge in [0.15, 0.2) is 5.58 Å². The third-order valence-electron chi connectivity index (χ3n) is 3.98. The van der Waals surface area contributed by atoms with E-state index in [2.05, 4.69) is 27.0 Å². The molecule has 0 aliphatic rings. The number of nitrogens with zero attached hydrogens (tertiary/aromatic N) is 3. The van der Waals surface area contributed by atoms with Crippen LogP contribution in [0.4, 0.5) is 0 Å². The number of furan rings is 1. The van der Waals surface area contributed by atoms with Crippen LogP contribution in [0.2, 0.25) is 0 Å². The molecular formula is C18H16BrN3O2. The van der Waals surface area contributed by atoms with Gasteiger partial charge in [0, 0.05) is 29.8 Å². The van der Waals surface area contributed by atoms with Crippen molar-refractivity contribution in [3.8, 4) is 17.4 Å². The van der Waals surface area contributed by atoms with Crippen molar-refractivity contribution >= 4 is 26.9 Å². The topological polar surface area (TPSA) is 74.5 Å². The fraction of sp³-hybridized carbons (Fsp3) is 0.222. The zero-order valence-electron chi connectivity index (χ0n) is 13.4. The number of rotatable bonds is 3. The van der Waals surface area contributed by atoms with Gasteiger partial charge in [-0.3, -0.25) is 4.99 Å². The van der Waals surface area contributed by atoms with E-state index in [1.165, 1.54) is 0 Å². The first-order valence-electron chi connectivity index (χ1n) is 7.47. The van der Waals surface area contributed by atoms with E-state index in [4.69, 9.17) is 4.42 Å². The molecule has 0 aliphatic heterocycles. The van der Waals surface area contributed by atoms with Crippen LogP contribution < -0.4 is 5.49 Å². The highest BCUT2D eigenvalue weighted by Gasteiger charge is 2.16. The van der Waals surface area contributed by atoms with E-state index in [1.807, 2.05) is 31.2 Å². The maximum atomic E-state index is 9.45. The van der Waals surface area contributed by atoms with Crippen molar-refractivity contribution in [3.05, 3.63) is 51.5 Å². The second-order valence-corrected chi connectivity index (χ2v) is 6.24. The standard InChI is InChI=1S/C18H16BrN3O2/c1-11-13(4-3-5-15(11)19)16-8-14-17(24-16)12(9-20)10-22(6-7-23)18(14)21-2/h3-5,8,10,23H,6-7H2,1-2H3/b21-18+. The van der Waals surface area contributed by atoms with Gasteiger partial charge < -0.3 is 14.1 Å². The summed E-state index contributed by atoms with van der Waals surface area (Å²) in [6.07, 6.45) is 1.67. The van der Waals surface area contributed by atoms with Crippen LogP contribution in [0.5, 0.6) is 0 Å². The molecule has 0 aliphatic carbocycles. The molecule has 0 unspecified atom stereocenters. The highest BCUT2D eigenvalue weighted by molar-refractivity contribution is 9.10. The van der Waals surface area contributed by atoms with E-state index in [-0.39, 0.29) is 6.61 Å². The molecule has 1 aromatic carbocycles. The zero-order chi connectivity index (χ0) is 17.3. The summed E-state index contributed by atoms with van der Waals surface area (Å²) in [7, 11) is 1.69. The molecule has 24 heavy (non-hydrogen) atoms. The maximum absolute atomic E-state index is 9.45. The van der Waals surface area contributed by atoms with E-state index >= 15 is 0 Å². The predicted molar refractivity (Wildman–Crippen MR) is 95.4 cm³/mol. The van der Waals surface area contributed by atoms with Gasteiger partial charge in [-0.25, -0.2) is 0 Å². The lowest BCUT2D eigenvalue weighted by Crippen LogP contribution is -2.23. The highest BCUT2D eigenvalue weighted by atomic mass is 79.9. The van der Waals surface area contributed by atoms with Crippen molar-refractivity contribution in [2.75, 3.05) is 13.7 Å². The molecule has 0 atom stereocenters. The number of aliphatic hydroxyl groups is 1. The van der Waals surface area contributed by atoms with Crippen LogP contribution in [-0.4, -0.2) is 23.3 Å². The molecule has 0 amide bonds. The molecule has 2 aromatic heterocycles. The monoisotopic (exact) mass is 385 g/mol. The van der Waals surface area contributed by atoms with Gasteiger partial charge in [0.25, 0.3) is 0 Å². The Balaban J connectivity index is 2.36. The fourth-order valence-electron chi connectivity index (χ4n) is 2.80. The summed E-state index contributed by atoms with van der Waals surface area (Å²) in [4.78, 5) is 4.31. The van der Waals surface area contributed by atoms with Crippen LogP contribution in [-0.2, 0) is 6.54 Å². The summed E-state index contributed by atoms with van der Waals surface area (Å²) >= 11 is 3.53. The number of hydrogen-bond donors (Lipinski definition) is 1. The molecule has 3 aromatic rings. The second-order valence-electron chi connectivity index (χ2n) is 5.38. The lowest BCUT2D eigenvalue weighted by Gasteiger charge is -2.06. The maximum Gasteiger partial charge on any atom is 0.157 e. The van der Waals surface area contributed by atoms with Crippen LogP contribution in [0.3, 0.4) is 0 Å². The first-order chi connectivity index (χ1) is 11.6. The average Bonchev–Trinajstić information content (AvgIpc) is 3.01. The molecule has 0 bridgehead atoms. The van der Waals surface area contributed by atoms with Crippen LogP contribution in [0, 0.1) is 18.3 Å². The first-order valence-corrected chi connectivity index (χ1v) is 8.26. The van der Waals surface area contributed by atoms with Crippen molar-refractivity contribution in [3.63, 3.8) is 0 Å². The van der Waals surface area contributed by atoms with Crippen LogP contribution in [0.15, 0.2) is 44.3 Å². The van der Waals surface area contributed by atoms with Crippen LogP contribution in [0.1, 0.15) is 11.1 Å². The smallest absolute Gasteiger partial charge is 0.157 e. The number of aromatic nitrogens is 1. The fourth-order valence-corrected chi connectivity index (χ4v) is 3.17. The summed E-state index contributed by atoms with van der Waals surface area (Å²) in [6, 6.07) is 9.97. The highest BCUT2D eigenvalue weighted by Crippen LogP contribution is 2.32. The molecule has 5 nitrogen and oxygen atoms in total. The first kappa shape index (κ1) is 16.5. The van der Waals surface area contributed by atoms with E-state index in [0.29, 0.717) is 28.9 Å². The van der Waals surface area contributed by atoms with Gasteiger partial charge in [0.05, 0.1) is 12.0 Å². The minimum Gasteiger partial charge on any atom is -0.454 e. The van der Waals surface area contributed by atoms with E-state index in [9.17, 15) is 10.4 Å². The van der Waals surface area contributed by atoms with E-state index in [0.717, 1.165) is 21.0 Å². The molecule has 0 saturated heterocycles. The van der Waals surface area contributed by atoms with Crippen LogP contribution in [0.25, 0.3) is 22.3 Å². The number of benzene rings is 1. The second kappa shape index (κ2) is 6.63. The molecule has 0 saturated carbocycles. The minimum absolute atomic E-state index is 0.0288. The van der Waals surface area contributed by atoms with E-state index < -0.39 is 0 Å². The summed E-state index contributed by atoms with van der Waals surface area (Å²) in [5.41, 5.74) is 3.64. The van der Waals surface area contributed by atoms with Gasteiger partial charge in [-0.15, -0.1) is 0 Å². The lowest BCUT2D eigenvalue weighted by atomic mass is 10.1. The molecule has 122 valence electrons. The predicted octanol–water partition coefficient (Wildman–Crippen LogP) is 3.37. The van der Waals surface area contributed by atoms with Gasteiger partial charge in [0.1, 0.15) is 22.9 Å². The summed E-state index contributed by atoms with van der Waals surface area (Å²) in [6.45, 7) is 2.35. The normalized spacial score (nSPS) is 11.9. The van der Waals surface area contributed by atoms with Crippen molar-refractivity contribution in [1.82, 2.24) is 4.57 Å². The van der Waals surface area contributed by atoms with Gasteiger partial charge in [-0.2, -0.15) is 5.26 Å². The molecule has 0 spiro atoms. The van der Waals surface area contributed by atoms with Crippen molar-refractivity contribution < 1.29 is 9.52 Å². The lowest BCUT2D eigenvalue weighted by molar-refractivity contribution is 0.274. The van der Waals surface area contributed by atoms with Crippen LogP contribution >= 0.6 is 15.9 Å².